The van der Waals surface area contributed by atoms with Gasteiger partial charge in [-0.3, -0.25) is 4.98 Å². The largest absolute Gasteiger partial charge is 0.253 e. The molecule has 0 aliphatic carbocycles. The van der Waals surface area contributed by atoms with Crippen LogP contribution in [0.1, 0.15) is 63.6 Å². The smallest absolute Gasteiger partial charge is 0.0705 e. The summed E-state index contributed by atoms with van der Waals surface area (Å²) in [6.07, 6.45) is 10.1. The molecule has 1 nitrogen and oxygen atoms in total. The first-order chi connectivity index (χ1) is 9.85. The van der Waals surface area contributed by atoms with Gasteiger partial charge in [0.1, 0.15) is 0 Å². The maximum absolute atomic E-state index is 4.93. The highest BCUT2D eigenvalue weighted by Gasteiger charge is 2.06. The molecule has 20 heavy (non-hydrogen) atoms. The Bertz CT molecular complexity index is 482. The van der Waals surface area contributed by atoms with Crippen LogP contribution in [0.2, 0.25) is 0 Å². The Morgan fingerprint density at radius 3 is 2.30 bits per heavy atom. The molecule has 0 amide bonds. The quantitative estimate of drug-likeness (QED) is 0.560. The zero-order valence-electron chi connectivity index (χ0n) is 13.0. The summed E-state index contributed by atoms with van der Waals surface area (Å²) in [5.74, 6) is 0. The lowest BCUT2D eigenvalue weighted by molar-refractivity contribution is 0.685. The highest BCUT2D eigenvalue weighted by atomic mass is 14.7. The average Bonchev–Trinajstić information content (AvgIpc) is 2.48. The number of aromatic nitrogens is 1. The van der Waals surface area contributed by atoms with E-state index in [1.807, 2.05) is 0 Å². The Labute approximate surface area is 123 Å². The fraction of sp³-hybridized carbons (Fsp3) is 0.526. The standard InChI is InChI=1S/C19H27N/c1-3-5-7-11-16-15-17-12-9-10-14-19(17)20-18(16)13-8-6-4-2/h9-10,12,14-15H,3-8,11,13H2,1-2H3. The molecule has 1 aromatic heterocycles. The van der Waals surface area contributed by atoms with E-state index in [9.17, 15) is 0 Å². The van der Waals surface area contributed by atoms with E-state index in [1.54, 1.807) is 0 Å². The predicted molar refractivity (Wildman–Crippen MR) is 88.2 cm³/mol. The topological polar surface area (TPSA) is 12.9 Å². The van der Waals surface area contributed by atoms with Gasteiger partial charge in [0.2, 0.25) is 0 Å². The van der Waals surface area contributed by atoms with Crippen molar-refractivity contribution in [2.45, 2.75) is 65.2 Å². The first-order valence-electron chi connectivity index (χ1n) is 8.22. The summed E-state index contributed by atoms with van der Waals surface area (Å²) >= 11 is 0. The first-order valence-corrected chi connectivity index (χ1v) is 8.22. The minimum atomic E-state index is 1.14. The molecule has 0 N–H and O–H groups in total. The van der Waals surface area contributed by atoms with Crippen molar-refractivity contribution in [3.05, 3.63) is 41.6 Å². The number of hydrogen-bond donors (Lipinski definition) is 0. The third-order valence-electron chi connectivity index (χ3n) is 3.96. The third kappa shape index (κ3) is 4.06. The van der Waals surface area contributed by atoms with Crippen molar-refractivity contribution in [1.82, 2.24) is 4.98 Å². The van der Waals surface area contributed by atoms with E-state index in [1.165, 1.54) is 61.6 Å². The second-order valence-corrected chi connectivity index (χ2v) is 5.70. The maximum Gasteiger partial charge on any atom is 0.0705 e. The Hall–Kier alpha value is -1.37. The lowest BCUT2D eigenvalue weighted by Crippen LogP contribution is -2.00. The van der Waals surface area contributed by atoms with Crippen molar-refractivity contribution in [2.24, 2.45) is 0 Å². The predicted octanol–water partition coefficient (Wildman–Crippen LogP) is 5.70. The van der Waals surface area contributed by atoms with Crippen LogP contribution in [0.15, 0.2) is 30.3 Å². The van der Waals surface area contributed by atoms with Crippen LogP contribution in [0.4, 0.5) is 0 Å². The van der Waals surface area contributed by atoms with Crippen LogP contribution >= 0.6 is 0 Å². The van der Waals surface area contributed by atoms with Crippen LogP contribution < -0.4 is 0 Å². The number of rotatable bonds is 8. The zero-order valence-corrected chi connectivity index (χ0v) is 13.0. The number of pyridine rings is 1. The number of benzene rings is 1. The molecule has 0 fully saturated rings. The number of unbranched alkanes of at least 4 members (excludes halogenated alkanes) is 4. The molecule has 2 aromatic rings. The SMILES string of the molecule is CCCCCc1cc2ccccc2nc1CCCCC. The molecule has 1 heterocycles. The van der Waals surface area contributed by atoms with Gasteiger partial charge in [0.05, 0.1) is 5.52 Å². The number of hydrogen-bond acceptors (Lipinski definition) is 1. The van der Waals surface area contributed by atoms with E-state index in [4.69, 9.17) is 4.98 Å². The van der Waals surface area contributed by atoms with Crippen LogP contribution in [0.25, 0.3) is 10.9 Å². The molecule has 0 saturated heterocycles. The van der Waals surface area contributed by atoms with Gasteiger partial charge in [0.15, 0.2) is 0 Å². The summed E-state index contributed by atoms with van der Waals surface area (Å²) in [5, 5.41) is 1.29. The molecule has 0 atom stereocenters. The van der Waals surface area contributed by atoms with E-state index in [0.717, 1.165) is 11.9 Å². The molecular formula is C19H27N. The van der Waals surface area contributed by atoms with Crippen molar-refractivity contribution >= 4 is 10.9 Å². The van der Waals surface area contributed by atoms with Crippen molar-refractivity contribution < 1.29 is 0 Å². The fourth-order valence-electron chi connectivity index (χ4n) is 2.74. The molecule has 0 unspecified atom stereocenters. The lowest BCUT2D eigenvalue weighted by atomic mass is 10.00. The van der Waals surface area contributed by atoms with Gasteiger partial charge < -0.3 is 0 Å². The number of fused-ring (bicyclic) bond motifs is 1. The van der Waals surface area contributed by atoms with E-state index in [-0.39, 0.29) is 0 Å². The second kappa shape index (κ2) is 8.04. The molecule has 1 heteroatoms. The van der Waals surface area contributed by atoms with Crippen LogP contribution in [-0.4, -0.2) is 4.98 Å². The van der Waals surface area contributed by atoms with Gasteiger partial charge in [-0.25, -0.2) is 0 Å². The monoisotopic (exact) mass is 269 g/mol. The minimum Gasteiger partial charge on any atom is -0.253 e. The van der Waals surface area contributed by atoms with Gasteiger partial charge in [-0.15, -0.1) is 0 Å². The Balaban J connectivity index is 2.21. The lowest BCUT2D eigenvalue weighted by Gasteiger charge is -2.10. The molecule has 0 spiro atoms. The molecule has 0 aliphatic heterocycles. The summed E-state index contributed by atoms with van der Waals surface area (Å²) < 4.78 is 0. The van der Waals surface area contributed by atoms with Gasteiger partial charge >= 0.3 is 0 Å². The maximum atomic E-state index is 4.93. The molecule has 1 aromatic carbocycles. The Kier molecular flexibility index (Phi) is 6.04. The van der Waals surface area contributed by atoms with Crippen molar-refractivity contribution in [3.8, 4) is 0 Å². The zero-order chi connectivity index (χ0) is 14.2. The molecule has 0 radical (unpaired) electrons. The second-order valence-electron chi connectivity index (χ2n) is 5.70. The van der Waals surface area contributed by atoms with Gasteiger partial charge in [0.25, 0.3) is 0 Å². The summed E-state index contributed by atoms with van der Waals surface area (Å²) in [5.41, 5.74) is 3.97. The van der Waals surface area contributed by atoms with E-state index >= 15 is 0 Å². The third-order valence-corrected chi connectivity index (χ3v) is 3.96. The van der Waals surface area contributed by atoms with Gasteiger partial charge in [-0.2, -0.15) is 0 Å². The van der Waals surface area contributed by atoms with Crippen molar-refractivity contribution in [1.29, 1.82) is 0 Å². The summed E-state index contributed by atoms with van der Waals surface area (Å²) in [6.45, 7) is 4.52. The molecule has 0 bridgehead atoms. The highest BCUT2D eigenvalue weighted by Crippen LogP contribution is 2.20. The van der Waals surface area contributed by atoms with Gasteiger partial charge in [-0.1, -0.05) is 57.7 Å². The van der Waals surface area contributed by atoms with Crippen molar-refractivity contribution in [3.63, 3.8) is 0 Å². The van der Waals surface area contributed by atoms with Crippen LogP contribution in [0, 0.1) is 0 Å². The Morgan fingerprint density at radius 1 is 0.850 bits per heavy atom. The molecule has 0 saturated carbocycles. The minimum absolute atomic E-state index is 1.14. The van der Waals surface area contributed by atoms with Gasteiger partial charge in [-0.05, 0) is 43.4 Å². The van der Waals surface area contributed by atoms with E-state index in [0.29, 0.717) is 0 Å². The fourth-order valence-corrected chi connectivity index (χ4v) is 2.74. The Morgan fingerprint density at radius 2 is 1.55 bits per heavy atom. The number of aryl methyl sites for hydroxylation is 2. The van der Waals surface area contributed by atoms with Gasteiger partial charge in [0, 0.05) is 11.1 Å². The summed E-state index contributed by atoms with van der Waals surface area (Å²) in [6, 6.07) is 10.9. The van der Waals surface area contributed by atoms with E-state index < -0.39 is 0 Å². The molecule has 2 rings (SSSR count). The molecule has 108 valence electrons. The number of nitrogens with zero attached hydrogens (tertiary/aromatic N) is 1. The normalized spacial score (nSPS) is 11.1. The summed E-state index contributed by atoms with van der Waals surface area (Å²) in [4.78, 5) is 4.93. The van der Waals surface area contributed by atoms with Crippen LogP contribution in [0.5, 0.6) is 0 Å². The number of para-hydroxylation sites is 1. The highest BCUT2D eigenvalue weighted by molar-refractivity contribution is 5.79. The molecule has 0 aliphatic rings. The first kappa shape index (κ1) is 15.0. The van der Waals surface area contributed by atoms with Crippen LogP contribution in [-0.2, 0) is 12.8 Å². The van der Waals surface area contributed by atoms with Crippen molar-refractivity contribution in [2.75, 3.05) is 0 Å². The van der Waals surface area contributed by atoms with E-state index in [2.05, 4.69) is 44.2 Å². The average molecular weight is 269 g/mol. The van der Waals surface area contributed by atoms with Crippen LogP contribution in [0.3, 0.4) is 0 Å². The molecular weight excluding hydrogens is 242 g/mol. The summed E-state index contributed by atoms with van der Waals surface area (Å²) in [7, 11) is 0.